The Hall–Kier alpha value is -1.29. The first-order chi connectivity index (χ1) is 9.74. The molecule has 1 saturated carbocycles. The Kier molecular flexibility index (Phi) is 2.88. The van der Waals surface area contributed by atoms with Crippen LogP contribution in [-0.2, 0) is 7.05 Å². The van der Waals surface area contributed by atoms with Crippen LogP contribution in [-0.4, -0.2) is 52.0 Å². The van der Waals surface area contributed by atoms with E-state index in [1.54, 1.807) is 0 Å². The Morgan fingerprint density at radius 3 is 2.70 bits per heavy atom. The number of fused-ring (bicyclic) bond motifs is 1. The molecule has 4 nitrogen and oxygen atoms in total. The van der Waals surface area contributed by atoms with Crippen LogP contribution in [0.1, 0.15) is 36.2 Å². The molecule has 3 aliphatic rings. The van der Waals surface area contributed by atoms with Crippen molar-refractivity contribution in [2.24, 2.45) is 13.0 Å². The van der Waals surface area contributed by atoms with Crippen LogP contribution in [0.4, 0.5) is 0 Å². The van der Waals surface area contributed by atoms with Crippen molar-refractivity contribution >= 4 is 5.91 Å². The smallest absolute Gasteiger partial charge is 0.270 e. The third-order valence-electron chi connectivity index (χ3n) is 5.30. The van der Waals surface area contributed by atoms with Gasteiger partial charge in [0.1, 0.15) is 5.69 Å². The summed E-state index contributed by atoms with van der Waals surface area (Å²) in [6, 6.07) is 4.97. The molecule has 108 valence electrons. The molecular formula is C16H23N3O. The van der Waals surface area contributed by atoms with Gasteiger partial charge in [-0.1, -0.05) is 0 Å². The molecule has 0 radical (unpaired) electrons. The van der Waals surface area contributed by atoms with Crippen molar-refractivity contribution in [2.75, 3.05) is 19.6 Å². The first-order valence-corrected chi connectivity index (χ1v) is 7.90. The minimum Gasteiger partial charge on any atom is -0.347 e. The van der Waals surface area contributed by atoms with E-state index in [0.717, 1.165) is 31.0 Å². The summed E-state index contributed by atoms with van der Waals surface area (Å²) < 4.78 is 1.94. The molecule has 1 aromatic rings. The molecule has 3 fully saturated rings. The summed E-state index contributed by atoms with van der Waals surface area (Å²) in [7, 11) is 1.95. The molecule has 1 aliphatic carbocycles. The molecule has 4 rings (SSSR count). The third kappa shape index (κ3) is 1.97. The van der Waals surface area contributed by atoms with Gasteiger partial charge < -0.3 is 9.47 Å². The Morgan fingerprint density at radius 1 is 1.20 bits per heavy atom. The molecule has 3 heterocycles. The van der Waals surface area contributed by atoms with E-state index >= 15 is 0 Å². The van der Waals surface area contributed by atoms with E-state index in [-0.39, 0.29) is 5.91 Å². The molecule has 0 spiro atoms. The zero-order valence-electron chi connectivity index (χ0n) is 12.2. The number of carbonyl (C=O) groups excluding carboxylic acids is 1. The summed E-state index contributed by atoms with van der Waals surface area (Å²) in [6.07, 6.45) is 7.11. The van der Waals surface area contributed by atoms with Crippen LogP contribution >= 0.6 is 0 Å². The summed E-state index contributed by atoms with van der Waals surface area (Å²) >= 11 is 0. The second-order valence-electron chi connectivity index (χ2n) is 6.65. The lowest BCUT2D eigenvalue weighted by Crippen LogP contribution is -2.40. The molecule has 4 heteroatoms. The zero-order chi connectivity index (χ0) is 13.7. The fourth-order valence-electron chi connectivity index (χ4n) is 4.02. The average Bonchev–Trinajstić information content (AvgIpc) is 2.85. The fourth-order valence-corrected chi connectivity index (χ4v) is 4.02. The lowest BCUT2D eigenvalue weighted by Gasteiger charge is -2.25. The highest BCUT2D eigenvalue weighted by molar-refractivity contribution is 5.93. The highest BCUT2D eigenvalue weighted by atomic mass is 16.2. The van der Waals surface area contributed by atoms with Crippen molar-refractivity contribution in [2.45, 2.75) is 37.8 Å². The summed E-state index contributed by atoms with van der Waals surface area (Å²) in [5.41, 5.74) is 0.825. The zero-order valence-corrected chi connectivity index (χ0v) is 12.2. The van der Waals surface area contributed by atoms with Crippen molar-refractivity contribution in [1.82, 2.24) is 14.4 Å². The molecule has 2 aliphatic heterocycles. The standard InChI is InChI=1S/C16H23N3O/c1-17-8-2-3-15(17)16(20)19-10-7-13-14(19)6-9-18(13)11-12-4-5-12/h2-3,8,12-14H,4-7,9-11H2,1H3/t13-,14+/m0/s1. The molecule has 2 saturated heterocycles. The van der Waals surface area contributed by atoms with Gasteiger partial charge in [0.15, 0.2) is 0 Å². The number of likely N-dealkylation sites (tertiary alicyclic amines) is 2. The van der Waals surface area contributed by atoms with E-state index in [2.05, 4.69) is 9.80 Å². The van der Waals surface area contributed by atoms with Crippen LogP contribution in [0.15, 0.2) is 18.3 Å². The maximum Gasteiger partial charge on any atom is 0.270 e. The van der Waals surface area contributed by atoms with E-state index < -0.39 is 0 Å². The Morgan fingerprint density at radius 2 is 2.00 bits per heavy atom. The van der Waals surface area contributed by atoms with E-state index in [1.165, 1.54) is 25.9 Å². The molecule has 20 heavy (non-hydrogen) atoms. The van der Waals surface area contributed by atoms with Gasteiger partial charge in [0, 0.05) is 45.0 Å². The van der Waals surface area contributed by atoms with E-state index in [4.69, 9.17) is 0 Å². The molecule has 2 atom stereocenters. The number of hydrogen-bond acceptors (Lipinski definition) is 2. The summed E-state index contributed by atoms with van der Waals surface area (Å²) in [6.45, 7) is 3.39. The van der Waals surface area contributed by atoms with Crippen molar-refractivity contribution in [3.05, 3.63) is 24.0 Å². The normalized spacial score (nSPS) is 29.9. The van der Waals surface area contributed by atoms with Crippen LogP contribution < -0.4 is 0 Å². The number of aryl methyl sites for hydroxylation is 1. The third-order valence-corrected chi connectivity index (χ3v) is 5.30. The summed E-state index contributed by atoms with van der Waals surface area (Å²) in [5, 5.41) is 0. The maximum atomic E-state index is 12.7. The van der Waals surface area contributed by atoms with Crippen LogP contribution in [0.3, 0.4) is 0 Å². The molecule has 0 bridgehead atoms. The van der Waals surface area contributed by atoms with Gasteiger partial charge in [-0.2, -0.15) is 0 Å². The lowest BCUT2D eigenvalue weighted by molar-refractivity contribution is 0.0722. The van der Waals surface area contributed by atoms with Gasteiger partial charge in [-0.25, -0.2) is 0 Å². The molecular weight excluding hydrogens is 250 g/mol. The summed E-state index contributed by atoms with van der Waals surface area (Å²) in [5.74, 6) is 1.17. The molecule has 1 aromatic heterocycles. The first kappa shape index (κ1) is 12.5. The number of rotatable bonds is 3. The Bertz CT molecular complexity index is 520. The highest BCUT2D eigenvalue weighted by Crippen LogP contribution is 2.37. The number of hydrogen-bond donors (Lipinski definition) is 0. The number of amides is 1. The second kappa shape index (κ2) is 4.62. The number of aromatic nitrogens is 1. The first-order valence-electron chi connectivity index (χ1n) is 7.90. The second-order valence-corrected chi connectivity index (χ2v) is 6.65. The van der Waals surface area contributed by atoms with E-state index in [0.29, 0.717) is 12.1 Å². The largest absolute Gasteiger partial charge is 0.347 e. The Labute approximate surface area is 120 Å². The van der Waals surface area contributed by atoms with Crippen molar-refractivity contribution in [3.63, 3.8) is 0 Å². The van der Waals surface area contributed by atoms with Gasteiger partial charge in [-0.3, -0.25) is 9.69 Å². The SMILES string of the molecule is Cn1cccc1C(=O)N1CC[C@H]2[C@H]1CCN2CC1CC1. The minimum absolute atomic E-state index is 0.221. The van der Waals surface area contributed by atoms with Gasteiger partial charge in [0.05, 0.1) is 0 Å². The Balaban J connectivity index is 1.48. The quantitative estimate of drug-likeness (QED) is 0.839. The van der Waals surface area contributed by atoms with E-state index in [9.17, 15) is 4.79 Å². The van der Waals surface area contributed by atoms with Crippen LogP contribution in [0.5, 0.6) is 0 Å². The number of carbonyl (C=O) groups is 1. The predicted octanol–water partition coefficient (Wildman–Crippen LogP) is 1.72. The minimum atomic E-state index is 0.221. The monoisotopic (exact) mass is 273 g/mol. The lowest BCUT2D eigenvalue weighted by atomic mass is 10.1. The molecule has 1 amide bonds. The van der Waals surface area contributed by atoms with Crippen molar-refractivity contribution < 1.29 is 4.79 Å². The molecule has 0 N–H and O–H groups in total. The number of nitrogens with zero attached hydrogens (tertiary/aromatic N) is 3. The fraction of sp³-hybridized carbons (Fsp3) is 0.688. The van der Waals surface area contributed by atoms with Crippen molar-refractivity contribution in [3.8, 4) is 0 Å². The van der Waals surface area contributed by atoms with Gasteiger partial charge in [-0.05, 0) is 43.7 Å². The topological polar surface area (TPSA) is 28.5 Å². The van der Waals surface area contributed by atoms with Crippen LogP contribution in [0.2, 0.25) is 0 Å². The van der Waals surface area contributed by atoms with Gasteiger partial charge in [0.2, 0.25) is 0 Å². The van der Waals surface area contributed by atoms with Gasteiger partial charge in [-0.15, -0.1) is 0 Å². The van der Waals surface area contributed by atoms with Crippen molar-refractivity contribution in [1.29, 1.82) is 0 Å². The summed E-state index contributed by atoms with van der Waals surface area (Å²) in [4.78, 5) is 17.5. The average molecular weight is 273 g/mol. The maximum absolute atomic E-state index is 12.7. The molecule has 0 aromatic carbocycles. The van der Waals surface area contributed by atoms with Gasteiger partial charge in [0.25, 0.3) is 5.91 Å². The van der Waals surface area contributed by atoms with Crippen LogP contribution in [0, 0.1) is 5.92 Å². The highest BCUT2D eigenvalue weighted by Gasteiger charge is 2.45. The molecule has 0 unspecified atom stereocenters. The van der Waals surface area contributed by atoms with E-state index in [1.807, 2.05) is 29.9 Å². The van der Waals surface area contributed by atoms with Gasteiger partial charge >= 0.3 is 0 Å². The predicted molar refractivity (Wildman–Crippen MR) is 77.6 cm³/mol. The van der Waals surface area contributed by atoms with Crippen LogP contribution in [0.25, 0.3) is 0 Å².